The van der Waals surface area contributed by atoms with Crippen molar-refractivity contribution in [3.05, 3.63) is 53.3 Å². The highest BCUT2D eigenvalue weighted by molar-refractivity contribution is 6.06. The molecule has 168 valence electrons. The van der Waals surface area contributed by atoms with Gasteiger partial charge in [0.05, 0.1) is 28.9 Å². The summed E-state index contributed by atoms with van der Waals surface area (Å²) < 4.78 is 1.83. The third-order valence-corrected chi connectivity index (χ3v) is 6.30. The van der Waals surface area contributed by atoms with Gasteiger partial charge in [0.15, 0.2) is 5.65 Å². The predicted molar refractivity (Wildman–Crippen MR) is 126 cm³/mol. The van der Waals surface area contributed by atoms with Gasteiger partial charge in [-0.2, -0.15) is 5.10 Å². The topological polar surface area (TPSA) is 88.9 Å². The van der Waals surface area contributed by atoms with E-state index in [-0.39, 0.29) is 18.0 Å². The van der Waals surface area contributed by atoms with Crippen molar-refractivity contribution in [2.75, 3.05) is 5.32 Å². The maximum atomic E-state index is 13.4. The van der Waals surface area contributed by atoms with E-state index in [2.05, 4.69) is 58.8 Å². The number of carbonyl (C=O) groups excluding carboxylic acids is 2. The smallest absolute Gasteiger partial charge is 0.255 e. The number of anilines is 1. The minimum atomic E-state index is -0.162. The van der Waals surface area contributed by atoms with Gasteiger partial charge in [-0.05, 0) is 38.7 Å². The quantitative estimate of drug-likeness (QED) is 0.570. The molecule has 1 saturated carbocycles. The molecular weight excluding hydrogens is 402 g/mol. The van der Waals surface area contributed by atoms with Crippen LogP contribution in [0, 0.1) is 6.92 Å². The van der Waals surface area contributed by atoms with E-state index in [1.165, 1.54) is 5.56 Å². The fraction of sp³-hybridized carbons (Fsp3) is 0.440. The Morgan fingerprint density at radius 2 is 1.88 bits per heavy atom. The number of aryl methyl sites for hydroxylation is 2. The average molecular weight is 434 g/mol. The number of amides is 1. The van der Waals surface area contributed by atoms with Gasteiger partial charge in [-0.25, -0.2) is 9.67 Å². The lowest BCUT2D eigenvalue weighted by Crippen LogP contribution is -2.31. The third-order valence-electron chi connectivity index (χ3n) is 6.30. The molecule has 1 aliphatic rings. The number of hydrogen-bond acceptors (Lipinski definition) is 5. The lowest BCUT2D eigenvalue weighted by Gasteiger charge is -2.25. The second-order valence-corrected chi connectivity index (χ2v) is 8.55. The summed E-state index contributed by atoms with van der Waals surface area (Å²) in [4.78, 5) is 29.7. The standard InChI is InChI=1S/C25H31N5O2/c1-4-22(17-8-6-16(3)7-9-17)29-25(32)21-14-26-24-20(15-27-30(24)5-2)23(21)28-18-10-12-19(31)13-11-18/h6-9,14-15,18,22H,4-5,10-13H2,1-3H3,(H,26,28)(H,29,32). The highest BCUT2D eigenvalue weighted by Gasteiger charge is 2.25. The third kappa shape index (κ3) is 4.52. The number of nitrogens with one attached hydrogen (secondary N) is 2. The normalized spacial score (nSPS) is 15.7. The van der Waals surface area contributed by atoms with Gasteiger partial charge in [0.2, 0.25) is 0 Å². The van der Waals surface area contributed by atoms with Crippen LogP contribution in [0.3, 0.4) is 0 Å². The highest BCUT2D eigenvalue weighted by atomic mass is 16.1. The monoisotopic (exact) mass is 433 g/mol. The van der Waals surface area contributed by atoms with Crippen molar-refractivity contribution < 1.29 is 9.59 Å². The van der Waals surface area contributed by atoms with Gasteiger partial charge >= 0.3 is 0 Å². The minimum Gasteiger partial charge on any atom is -0.381 e. The van der Waals surface area contributed by atoms with Crippen LogP contribution in [0.25, 0.3) is 11.0 Å². The van der Waals surface area contributed by atoms with Gasteiger partial charge in [0.25, 0.3) is 5.91 Å². The number of benzene rings is 1. The molecule has 1 aliphatic carbocycles. The van der Waals surface area contributed by atoms with Crippen LogP contribution in [-0.2, 0) is 11.3 Å². The Bertz CT molecular complexity index is 1110. The lowest BCUT2D eigenvalue weighted by molar-refractivity contribution is -0.120. The molecule has 2 heterocycles. The zero-order chi connectivity index (χ0) is 22.7. The first-order chi connectivity index (χ1) is 15.5. The molecule has 4 rings (SSSR count). The summed E-state index contributed by atoms with van der Waals surface area (Å²) in [6.07, 6.45) is 6.89. The molecule has 1 atom stereocenters. The van der Waals surface area contributed by atoms with Crippen LogP contribution < -0.4 is 10.6 Å². The number of hydrogen-bond donors (Lipinski definition) is 2. The van der Waals surface area contributed by atoms with E-state index in [4.69, 9.17) is 0 Å². The fourth-order valence-electron chi connectivity index (χ4n) is 4.33. The summed E-state index contributed by atoms with van der Waals surface area (Å²) >= 11 is 0. The maximum absolute atomic E-state index is 13.4. The Morgan fingerprint density at radius 3 is 2.53 bits per heavy atom. The van der Waals surface area contributed by atoms with Crippen molar-refractivity contribution in [2.24, 2.45) is 0 Å². The van der Waals surface area contributed by atoms with Gasteiger partial charge in [-0.1, -0.05) is 36.8 Å². The molecule has 1 amide bonds. The van der Waals surface area contributed by atoms with Crippen LogP contribution in [0.4, 0.5) is 5.69 Å². The van der Waals surface area contributed by atoms with Gasteiger partial charge in [-0.3, -0.25) is 9.59 Å². The summed E-state index contributed by atoms with van der Waals surface area (Å²) in [7, 11) is 0. The zero-order valence-corrected chi connectivity index (χ0v) is 19.0. The number of Topliss-reactive ketones (excluding diaryl/α,β-unsaturated/α-hetero) is 1. The molecule has 2 N–H and O–H groups in total. The summed E-state index contributed by atoms with van der Waals surface area (Å²) in [6, 6.07) is 8.32. The molecule has 1 unspecified atom stereocenters. The van der Waals surface area contributed by atoms with Crippen molar-refractivity contribution in [2.45, 2.75) is 71.5 Å². The second-order valence-electron chi connectivity index (χ2n) is 8.55. The van der Waals surface area contributed by atoms with E-state index in [0.717, 1.165) is 41.5 Å². The molecule has 3 aromatic rings. The lowest BCUT2D eigenvalue weighted by atomic mass is 9.94. The number of nitrogens with zero attached hydrogens (tertiary/aromatic N) is 3. The van der Waals surface area contributed by atoms with Crippen molar-refractivity contribution in [3.63, 3.8) is 0 Å². The van der Waals surface area contributed by atoms with Crippen molar-refractivity contribution >= 4 is 28.4 Å². The molecule has 0 aliphatic heterocycles. The number of carbonyl (C=O) groups is 2. The number of ketones is 1. The first kappa shape index (κ1) is 22.0. The Balaban J connectivity index is 1.66. The van der Waals surface area contributed by atoms with E-state index < -0.39 is 0 Å². The number of fused-ring (bicyclic) bond motifs is 1. The molecule has 7 heteroatoms. The molecule has 0 spiro atoms. The van der Waals surface area contributed by atoms with Crippen molar-refractivity contribution in [3.8, 4) is 0 Å². The summed E-state index contributed by atoms with van der Waals surface area (Å²) in [5.74, 6) is 0.147. The zero-order valence-electron chi connectivity index (χ0n) is 19.0. The van der Waals surface area contributed by atoms with Crippen LogP contribution in [0.2, 0.25) is 0 Å². The molecule has 7 nitrogen and oxygen atoms in total. The van der Waals surface area contributed by atoms with E-state index in [0.29, 0.717) is 30.7 Å². The number of pyridine rings is 1. The highest BCUT2D eigenvalue weighted by Crippen LogP contribution is 2.30. The van der Waals surface area contributed by atoms with Gasteiger partial charge in [0, 0.05) is 31.6 Å². The van der Waals surface area contributed by atoms with E-state index in [9.17, 15) is 9.59 Å². The minimum absolute atomic E-state index is 0.0858. The molecule has 32 heavy (non-hydrogen) atoms. The van der Waals surface area contributed by atoms with Gasteiger partial charge in [0.1, 0.15) is 5.78 Å². The van der Waals surface area contributed by atoms with Crippen LogP contribution in [0.5, 0.6) is 0 Å². The van der Waals surface area contributed by atoms with Gasteiger partial charge < -0.3 is 10.6 Å². The van der Waals surface area contributed by atoms with Crippen molar-refractivity contribution in [1.82, 2.24) is 20.1 Å². The van der Waals surface area contributed by atoms with E-state index in [1.807, 2.05) is 11.6 Å². The maximum Gasteiger partial charge on any atom is 0.255 e. The number of aromatic nitrogens is 3. The fourth-order valence-corrected chi connectivity index (χ4v) is 4.33. The van der Waals surface area contributed by atoms with E-state index in [1.54, 1.807) is 12.4 Å². The summed E-state index contributed by atoms with van der Waals surface area (Å²) in [5.41, 5.74) is 4.29. The van der Waals surface area contributed by atoms with Crippen molar-refractivity contribution in [1.29, 1.82) is 0 Å². The molecular formula is C25H31N5O2. The average Bonchev–Trinajstić information content (AvgIpc) is 3.23. The molecule has 1 aromatic carbocycles. The molecule has 2 aromatic heterocycles. The first-order valence-corrected chi connectivity index (χ1v) is 11.5. The Morgan fingerprint density at radius 1 is 1.16 bits per heavy atom. The molecule has 1 fully saturated rings. The Labute approximate surface area is 188 Å². The van der Waals surface area contributed by atoms with Gasteiger partial charge in [-0.15, -0.1) is 0 Å². The molecule has 0 saturated heterocycles. The number of rotatable bonds is 7. The largest absolute Gasteiger partial charge is 0.381 e. The van der Waals surface area contributed by atoms with Crippen LogP contribution in [0.1, 0.15) is 73.5 Å². The first-order valence-electron chi connectivity index (χ1n) is 11.5. The Hall–Kier alpha value is -3.22. The van der Waals surface area contributed by atoms with E-state index >= 15 is 0 Å². The van der Waals surface area contributed by atoms with Crippen LogP contribution >= 0.6 is 0 Å². The predicted octanol–water partition coefficient (Wildman–Crippen LogP) is 4.56. The SMILES string of the molecule is CCC(NC(=O)c1cnc2c(cnn2CC)c1NC1CCC(=O)CC1)c1ccc(C)cc1. The summed E-state index contributed by atoms with van der Waals surface area (Å²) in [5, 5.41) is 12.0. The second kappa shape index (κ2) is 9.51. The summed E-state index contributed by atoms with van der Waals surface area (Å²) in [6.45, 7) is 6.83. The Kier molecular flexibility index (Phi) is 6.53. The van der Waals surface area contributed by atoms with Crippen LogP contribution in [-0.4, -0.2) is 32.5 Å². The molecule has 0 bridgehead atoms. The molecule has 0 radical (unpaired) electrons. The van der Waals surface area contributed by atoms with Crippen LogP contribution in [0.15, 0.2) is 36.7 Å².